The van der Waals surface area contributed by atoms with Gasteiger partial charge in [-0.25, -0.2) is 0 Å². The molecule has 0 radical (unpaired) electrons. The van der Waals surface area contributed by atoms with Gasteiger partial charge >= 0.3 is 0 Å². The summed E-state index contributed by atoms with van der Waals surface area (Å²) in [7, 11) is 0. The van der Waals surface area contributed by atoms with Gasteiger partial charge in [-0.05, 0) is 12.8 Å². The van der Waals surface area contributed by atoms with Crippen molar-refractivity contribution in [1.29, 1.82) is 0 Å². The summed E-state index contributed by atoms with van der Waals surface area (Å²) >= 11 is 0. The molecule has 0 rings (SSSR count). The molecule has 2 amide bonds. The molecule has 0 aromatic rings. The summed E-state index contributed by atoms with van der Waals surface area (Å²) in [5, 5.41) is 5.81. The molecule has 0 aromatic carbocycles. The Kier molecular flexibility index (Phi) is 29.1. The second-order valence-electron chi connectivity index (χ2n) is 10.2. The molecule has 214 valence electrons. The lowest BCUT2D eigenvalue weighted by molar-refractivity contribution is -0.129. The van der Waals surface area contributed by atoms with E-state index in [1.54, 1.807) is 0 Å². The minimum atomic E-state index is -0.0832. The fraction of sp³-hybridized carbons (Fsp3) is 0.933. The Morgan fingerprint density at radius 2 is 0.722 bits per heavy atom. The molecule has 2 N–H and O–H groups in total. The summed E-state index contributed by atoms with van der Waals surface area (Å²) in [6, 6.07) is 0. The molecule has 0 bridgehead atoms. The average molecular weight is 513 g/mol. The Morgan fingerprint density at radius 3 is 1.03 bits per heavy atom. The first-order chi connectivity index (χ1) is 17.7. The fourth-order valence-electron chi connectivity index (χ4n) is 4.23. The molecule has 36 heavy (non-hydrogen) atoms. The van der Waals surface area contributed by atoms with Gasteiger partial charge in [0, 0.05) is 13.1 Å². The topological polar surface area (TPSA) is 76.7 Å². The Hall–Kier alpha value is -1.14. The van der Waals surface area contributed by atoms with E-state index in [9.17, 15) is 9.59 Å². The van der Waals surface area contributed by atoms with Crippen molar-refractivity contribution in [2.75, 3.05) is 39.5 Å². The number of hydrogen-bond donors (Lipinski definition) is 2. The lowest BCUT2D eigenvalue weighted by Crippen LogP contribution is -2.30. The van der Waals surface area contributed by atoms with E-state index < -0.39 is 0 Å². The third kappa shape index (κ3) is 29.1. The highest BCUT2D eigenvalue weighted by atomic mass is 16.5. The number of amides is 2. The zero-order valence-electron chi connectivity index (χ0n) is 24.0. The maximum atomic E-state index is 11.8. The smallest absolute Gasteiger partial charge is 0.245 e. The van der Waals surface area contributed by atoms with E-state index in [1.807, 2.05) is 0 Å². The first-order valence-electron chi connectivity index (χ1n) is 15.4. The van der Waals surface area contributed by atoms with Crippen molar-refractivity contribution in [1.82, 2.24) is 10.6 Å². The van der Waals surface area contributed by atoms with E-state index in [1.165, 1.54) is 116 Å². The van der Waals surface area contributed by atoms with Gasteiger partial charge in [0.25, 0.3) is 0 Å². The molecular formula is C30H60N2O4. The highest BCUT2D eigenvalue weighted by Crippen LogP contribution is 2.11. The third-order valence-electron chi connectivity index (χ3n) is 6.54. The highest BCUT2D eigenvalue weighted by Gasteiger charge is 2.03. The molecule has 0 aliphatic heterocycles. The van der Waals surface area contributed by atoms with E-state index in [0.717, 1.165) is 12.8 Å². The first kappa shape index (κ1) is 34.9. The van der Waals surface area contributed by atoms with Crippen LogP contribution in [0.3, 0.4) is 0 Å². The zero-order chi connectivity index (χ0) is 26.4. The van der Waals surface area contributed by atoms with Crippen LogP contribution in [0.5, 0.6) is 0 Å². The molecule has 6 nitrogen and oxygen atoms in total. The number of unbranched alkanes of at least 4 members (excludes halogenated alkanes) is 18. The Bertz CT molecular complexity index is 432. The molecule has 0 spiro atoms. The average Bonchev–Trinajstić information content (AvgIpc) is 2.87. The van der Waals surface area contributed by atoms with Crippen molar-refractivity contribution in [2.45, 2.75) is 142 Å². The van der Waals surface area contributed by atoms with Gasteiger partial charge < -0.3 is 20.1 Å². The van der Waals surface area contributed by atoms with Crippen molar-refractivity contribution in [3.8, 4) is 0 Å². The molecule has 0 heterocycles. The summed E-state index contributed by atoms with van der Waals surface area (Å²) < 4.78 is 10.7. The number of ether oxygens (including phenoxy) is 2. The monoisotopic (exact) mass is 512 g/mol. The standard InChI is InChI=1S/C30H60N2O4/c1-3-5-7-9-11-13-15-17-19-21-23-31-29(33)27-35-25-26-36-28-30(34)32-24-22-20-18-16-14-12-10-8-6-4-2/h3-28H2,1-2H3,(H,31,33)(H,32,34). The van der Waals surface area contributed by atoms with Gasteiger partial charge in [-0.2, -0.15) is 0 Å². The summed E-state index contributed by atoms with van der Waals surface area (Å²) in [5.41, 5.74) is 0. The predicted octanol–water partition coefficient (Wildman–Crippen LogP) is 7.09. The van der Waals surface area contributed by atoms with Crippen LogP contribution in [0.2, 0.25) is 0 Å². The van der Waals surface area contributed by atoms with Crippen LogP contribution in [0.25, 0.3) is 0 Å². The van der Waals surface area contributed by atoms with E-state index >= 15 is 0 Å². The van der Waals surface area contributed by atoms with Crippen molar-refractivity contribution in [2.24, 2.45) is 0 Å². The van der Waals surface area contributed by atoms with Crippen molar-refractivity contribution in [3.63, 3.8) is 0 Å². The van der Waals surface area contributed by atoms with Gasteiger partial charge in [0.15, 0.2) is 0 Å². The van der Waals surface area contributed by atoms with Gasteiger partial charge in [0.1, 0.15) is 13.2 Å². The predicted molar refractivity (Wildman–Crippen MR) is 151 cm³/mol. The third-order valence-corrected chi connectivity index (χ3v) is 6.54. The van der Waals surface area contributed by atoms with E-state index in [4.69, 9.17) is 9.47 Å². The first-order valence-corrected chi connectivity index (χ1v) is 15.4. The lowest BCUT2D eigenvalue weighted by Gasteiger charge is -2.08. The summed E-state index contributed by atoms with van der Waals surface area (Å²) in [4.78, 5) is 23.6. The molecule has 0 saturated carbocycles. The molecule has 0 saturated heterocycles. The van der Waals surface area contributed by atoms with Crippen LogP contribution in [-0.4, -0.2) is 51.3 Å². The van der Waals surface area contributed by atoms with Crippen LogP contribution >= 0.6 is 0 Å². The van der Waals surface area contributed by atoms with E-state index in [0.29, 0.717) is 26.3 Å². The van der Waals surface area contributed by atoms with Crippen LogP contribution in [0.15, 0.2) is 0 Å². The van der Waals surface area contributed by atoms with Crippen molar-refractivity contribution >= 4 is 11.8 Å². The molecule has 0 aromatic heterocycles. The van der Waals surface area contributed by atoms with Crippen LogP contribution in [0, 0.1) is 0 Å². The summed E-state index contributed by atoms with van der Waals surface area (Å²) in [6.45, 7) is 6.67. The molecule has 0 fully saturated rings. The van der Waals surface area contributed by atoms with Crippen LogP contribution < -0.4 is 10.6 Å². The maximum Gasteiger partial charge on any atom is 0.245 e. The van der Waals surface area contributed by atoms with Gasteiger partial charge in [0.05, 0.1) is 13.2 Å². The van der Waals surface area contributed by atoms with Crippen molar-refractivity contribution < 1.29 is 19.1 Å². The molecule has 0 aliphatic carbocycles. The number of carbonyl (C=O) groups excluding carboxylic acids is 2. The quantitative estimate of drug-likeness (QED) is 0.105. The van der Waals surface area contributed by atoms with Crippen LogP contribution in [0.1, 0.15) is 142 Å². The minimum Gasteiger partial charge on any atom is -0.369 e. The molecule has 0 atom stereocenters. The largest absolute Gasteiger partial charge is 0.369 e. The molecular weight excluding hydrogens is 452 g/mol. The van der Waals surface area contributed by atoms with Crippen LogP contribution in [-0.2, 0) is 19.1 Å². The van der Waals surface area contributed by atoms with Gasteiger partial charge in [-0.1, -0.05) is 129 Å². The molecule has 6 heteroatoms. The summed E-state index contributed by atoms with van der Waals surface area (Å²) in [6.07, 6.45) is 25.8. The van der Waals surface area contributed by atoms with Crippen LogP contribution in [0.4, 0.5) is 0 Å². The zero-order valence-corrected chi connectivity index (χ0v) is 24.0. The fourth-order valence-corrected chi connectivity index (χ4v) is 4.23. The lowest BCUT2D eigenvalue weighted by atomic mass is 10.1. The van der Waals surface area contributed by atoms with Gasteiger partial charge in [-0.15, -0.1) is 0 Å². The number of hydrogen-bond acceptors (Lipinski definition) is 4. The molecule has 0 unspecified atom stereocenters. The molecule has 0 aliphatic rings. The van der Waals surface area contributed by atoms with E-state index in [-0.39, 0.29) is 25.0 Å². The normalized spacial score (nSPS) is 11.1. The Labute approximate surface area is 223 Å². The Balaban J connectivity index is 3.26. The Morgan fingerprint density at radius 1 is 0.444 bits per heavy atom. The van der Waals surface area contributed by atoms with E-state index in [2.05, 4.69) is 24.5 Å². The second-order valence-corrected chi connectivity index (χ2v) is 10.2. The maximum absolute atomic E-state index is 11.8. The highest BCUT2D eigenvalue weighted by molar-refractivity contribution is 5.77. The SMILES string of the molecule is CCCCCCCCCCCCNC(=O)COCCOCC(=O)NCCCCCCCCCCCC. The van der Waals surface area contributed by atoms with Crippen molar-refractivity contribution in [3.05, 3.63) is 0 Å². The minimum absolute atomic E-state index is 0.0477. The van der Waals surface area contributed by atoms with Gasteiger partial charge in [0.2, 0.25) is 11.8 Å². The number of nitrogens with one attached hydrogen (secondary N) is 2. The number of carbonyl (C=O) groups is 2. The van der Waals surface area contributed by atoms with Gasteiger partial charge in [-0.3, -0.25) is 9.59 Å². The second kappa shape index (κ2) is 30.1. The number of rotatable bonds is 29. The summed E-state index contributed by atoms with van der Waals surface area (Å²) in [5.74, 6) is -0.166.